The lowest BCUT2D eigenvalue weighted by Gasteiger charge is -2.17. The maximum Gasteiger partial charge on any atom is 0.270 e. The van der Waals surface area contributed by atoms with Gasteiger partial charge in [-0.3, -0.25) is 9.36 Å². The molecular formula is C23H24ClFN5O2+. The zero-order valence-corrected chi connectivity index (χ0v) is 18.0. The van der Waals surface area contributed by atoms with Crippen LogP contribution in [0.15, 0.2) is 53.6 Å². The minimum Gasteiger partial charge on any atom is -0.394 e. The summed E-state index contributed by atoms with van der Waals surface area (Å²) in [5.41, 5.74) is 1.14. The highest BCUT2D eigenvalue weighted by Gasteiger charge is 2.31. The Morgan fingerprint density at radius 2 is 2.16 bits per heavy atom. The number of hydrogen-bond donors (Lipinski definition) is 4. The van der Waals surface area contributed by atoms with Crippen molar-refractivity contribution in [3.8, 4) is 5.69 Å². The highest BCUT2D eigenvalue weighted by Crippen LogP contribution is 2.34. The number of nitrogens with two attached hydrogens (primary N) is 1. The quantitative estimate of drug-likeness (QED) is 0.371. The SMILES string of the molecule is N=Cc1c([NH2+]Cc2ccccc2Cl)ccn(-c2cc(N[C@H](CO)C3CC3)ncc2F)c1=O. The first-order chi connectivity index (χ1) is 15.5. The molecule has 0 radical (unpaired) electrons. The van der Waals surface area contributed by atoms with Crippen molar-refractivity contribution in [2.24, 2.45) is 5.92 Å². The second kappa shape index (κ2) is 9.60. The van der Waals surface area contributed by atoms with Crippen molar-refractivity contribution in [3.63, 3.8) is 0 Å². The van der Waals surface area contributed by atoms with Crippen LogP contribution in [0.5, 0.6) is 0 Å². The van der Waals surface area contributed by atoms with Crippen molar-refractivity contribution < 1.29 is 14.8 Å². The maximum atomic E-state index is 14.6. The molecular weight excluding hydrogens is 433 g/mol. The second-order valence-electron chi connectivity index (χ2n) is 7.80. The third-order valence-corrected chi connectivity index (χ3v) is 5.99. The smallest absolute Gasteiger partial charge is 0.270 e. The van der Waals surface area contributed by atoms with Gasteiger partial charge in [0.2, 0.25) is 0 Å². The van der Waals surface area contributed by atoms with Gasteiger partial charge in [-0.15, -0.1) is 0 Å². The predicted molar refractivity (Wildman–Crippen MR) is 122 cm³/mol. The Morgan fingerprint density at radius 1 is 1.38 bits per heavy atom. The molecule has 3 aromatic rings. The van der Waals surface area contributed by atoms with Crippen LogP contribution in [-0.4, -0.2) is 33.5 Å². The predicted octanol–water partition coefficient (Wildman–Crippen LogP) is 2.60. The molecule has 0 saturated heterocycles. The zero-order valence-electron chi connectivity index (χ0n) is 17.3. The van der Waals surface area contributed by atoms with Gasteiger partial charge < -0.3 is 21.1 Å². The van der Waals surface area contributed by atoms with Crippen LogP contribution in [0.2, 0.25) is 5.02 Å². The Hall–Kier alpha value is -3.07. The molecule has 0 aliphatic heterocycles. The Kier molecular flexibility index (Phi) is 6.64. The summed E-state index contributed by atoms with van der Waals surface area (Å²) in [6.45, 7) is 0.443. The van der Waals surface area contributed by atoms with Gasteiger partial charge in [0.1, 0.15) is 23.6 Å². The fourth-order valence-corrected chi connectivity index (χ4v) is 3.87. The summed E-state index contributed by atoms with van der Waals surface area (Å²) in [6, 6.07) is 10.4. The van der Waals surface area contributed by atoms with Gasteiger partial charge in [0, 0.05) is 35.1 Å². The topological polar surface area (TPSA) is 108 Å². The minimum absolute atomic E-state index is 0.0285. The number of pyridine rings is 2. The molecule has 2 heterocycles. The van der Waals surface area contributed by atoms with Gasteiger partial charge in [-0.05, 0) is 24.8 Å². The summed E-state index contributed by atoms with van der Waals surface area (Å²) in [5, 5.41) is 22.9. The van der Waals surface area contributed by atoms with Gasteiger partial charge >= 0.3 is 0 Å². The van der Waals surface area contributed by atoms with E-state index in [1.807, 2.05) is 23.5 Å². The van der Waals surface area contributed by atoms with Gasteiger partial charge in [0.05, 0.1) is 24.5 Å². The van der Waals surface area contributed by atoms with Crippen LogP contribution < -0.4 is 16.2 Å². The molecule has 1 saturated carbocycles. The van der Waals surface area contributed by atoms with Crippen LogP contribution in [0.3, 0.4) is 0 Å². The molecule has 1 atom stereocenters. The van der Waals surface area contributed by atoms with Crippen molar-refractivity contribution in [2.45, 2.75) is 25.4 Å². The number of quaternary nitrogens is 1. The first-order valence-electron chi connectivity index (χ1n) is 10.4. The number of nitrogens with one attached hydrogen (secondary N) is 2. The van der Waals surface area contributed by atoms with Gasteiger partial charge in [-0.2, -0.15) is 0 Å². The van der Waals surface area contributed by atoms with E-state index in [2.05, 4.69) is 10.3 Å². The first kappa shape index (κ1) is 22.1. The van der Waals surface area contributed by atoms with Crippen LogP contribution in [0.1, 0.15) is 24.0 Å². The normalized spacial score (nSPS) is 14.2. The third kappa shape index (κ3) is 4.72. The average molecular weight is 457 g/mol. The molecule has 0 spiro atoms. The first-order valence-corrected chi connectivity index (χ1v) is 10.8. The lowest BCUT2D eigenvalue weighted by atomic mass is 10.2. The second-order valence-corrected chi connectivity index (χ2v) is 8.20. The lowest BCUT2D eigenvalue weighted by Crippen LogP contribution is -2.77. The number of nitrogens with zero attached hydrogens (tertiary/aromatic N) is 2. The van der Waals surface area contributed by atoms with Crippen LogP contribution in [-0.2, 0) is 6.54 Å². The molecule has 5 N–H and O–H groups in total. The molecule has 7 nitrogen and oxygen atoms in total. The minimum atomic E-state index is -0.659. The Bertz CT molecular complexity index is 1200. The highest BCUT2D eigenvalue weighted by atomic mass is 35.5. The fraction of sp³-hybridized carbons (Fsp3) is 0.261. The molecule has 1 aliphatic rings. The zero-order chi connectivity index (χ0) is 22.7. The van der Waals surface area contributed by atoms with Crippen molar-refractivity contribution in [3.05, 3.63) is 81.1 Å². The van der Waals surface area contributed by atoms with E-state index in [0.29, 0.717) is 29.0 Å². The van der Waals surface area contributed by atoms with E-state index in [0.717, 1.165) is 30.8 Å². The molecule has 1 fully saturated rings. The van der Waals surface area contributed by atoms with E-state index in [-0.39, 0.29) is 23.9 Å². The summed E-state index contributed by atoms with van der Waals surface area (Å²) < 4.78 is 15.8. The summed E-state index contributed by atoms with van der Waals surface area (Å²) in [4.78, 5) is 17.1. The summed E-state index contributed by atoms with van der Waals surface area (Å²) in [7, 11) is 0. The monoisotopic (exact) mass is 456 g/mol. The molecule has 1 aromatic carbocycles. The number of aliphatic hydroxyl groups is 1. The number of halogens is 2. The molecule has 1 aliphatic carbocycles. The fourth-order valence-electron chi connectivity index (χ4n) is 3.65. The molecule has 166 valence electrons. The third-order valence-electron chi connectivity index (χ3n) is 5.62. The Morgan fingerprint density at radius 3 is 2.84 bits per heavy atom. The Balaban J connectivity index is 1.63. The summed E-state index contributed by atoms with van der Waals surface area (Å²) in [6.07, 6.45) is 5.57. The average Bonchev–Trinajstić information content (AvgIpc) is 3.64. The highest BCUT2D eigenvalue weighted by molar-refractivity contribution is 6.31. The Labute approximate surface area is 189 Å². The summed E-state index contributed by atoms with van der Waals surface area (Å²) in [5.74, 6) is 0.0915. The van der Waals surface area contributed by atoms with Crippen LogP contribution in [0.4, 0.5) is 15.9 Å². The van der Waals surface area contributed by atoms with Crippen LogP contribution in [0, 0.1) is 17.1 Å². The van der Waals surface area contributed by atoms with E-state index in [4.69, 9.17) is 17.0 Å². The largest absolute Gasteiger partial charge is 0.394 e. The van der Waals surface area contributed by atoms with Crippen molar-refractivity contribution in [2.75, 3.05) is 11.9 Å². The molecule has 0 bridgehead atoms. The standard InChI is InChI=1S/C23H23ClFN5O2/c24-17-4-2-1-3-15(17)11-27-19-7-8-30(23(32)16(19)10-26)21-9-22(28-12-18(21)25)29-20(13-31)14-5-6-14/h1-4,7-10,12,14,20,26-27,31H,5-6,11,13H2,(H,28,29)/p+1/t20-/m1/s1. The molecule has 4 rings (SSSR count). The van der Waals surface area contributed by atoms with Crippen LogP contribution >= 0.6 is 11.6 Å². The van der Waals surface area contributed by atoms with E-state index >= 15 is 0 Å². The number of rotatable bonds is 9. The number of anilines is 1. The molecule has 0 amide bonds. The van der Waals surface area contributed by atoms with Gasteiger partial charge in [0.25, 0.3) is 5.56 Å². The van der Waals surface area contributed by atoms with E-state index in [9.17, 15) is 14.3 Å². The lowest BCUT2D eigenvalue weighted by molar-refractivity contribution is -0.588. The molecule has 2 aromatic heterocycles. The maximum absolute atomic E-state index is 14.6. The van der Waals surface area contributed by atoms with E-state index < -0.39 is 11.4 Å². The van der Waals surface area contributed by atoms with Gasteiger partial charge in [-0.1, -0.05) is 29.8 Å². The molecule has 32 heavy (non-hydrogen) atoms. The van der Waals surface area contributed by atoms with E-state index in [1.165, 1.54) is 16.8 Å². The number of aliphatic hydroxyl groups excluding tert-OH is 1. The van der Waals surface area contributed by atoms with Crippen molar-refractivity contribution in [1.29, 1.82) is 5.41 Å². The molecule has 0 unspecified atom stereocenters. The number of hydrogen-bond acceptors (Lipinski definition) is 5. The summed E-state index contributed by atoms with van der Waals surface area (Å²) >= 11 is 6.20. The van der Waals surface area contributed by atoms with Crippen molar-refractivity contribution in [1.82, 2.24) is 9.55 Å². The van der Waals surface area contributed by atoms with Crippen LogP contribution in [0.25, 0.3) is 5.69 Å². The number of aromatic nitrogens is 2. The van der Waals surface area contributed by atoms with Crippen molar-refractivity contribution >= 4 is 29.3 Å². The number of benzene rings is 1. The van der Waals surface area contributed by atoms with E-state index in [1.54, 1.807) is 12.1 Å². The molecule has 9 heteroatoms. The van der Waals surface area contributed by atoms with Gasteiger partial charge in [-0.25, -0.2) is 9.37 Å². The van der Waals surface area contributed by atoms with Gasteiger partial charge in [0.15, 0.2) is 5.82 Å².